The summed E-state index contributed by atoms with van der Waals surface area (Å²) in [6, 6.07) is 0. The molecular weight excluding hydrogens is 240 g/mol. The van der Waals surface area contributed by atoms with E-state index in [1.807, 2.05) is 6.20 Å². The molecular formula is C15H16N2O2. The van der Waals surface area contributed by atoms with Gasteiger partial charge < -0.3 is 9.47 Å². The van der Waals surface area contributed by atoms with E-state index in [-0.39, 0.29) is 0 Å². The third kappa shape index (κ3) is 1.93. The highest BCUT2D eigenvalue weighted by atomic mass is 16.5. The number of ether oxygens (including phenoxy) is 2. The molecule has 1 aromatic rings. The van der Waals surface area contributed by atoms with E-state index in [1.54, 1.807) is 26.6 Å². The predicted molar refractivity (Wildman–Crippen MR) is 71.9 cm³/mol. The third-order valence-electron chi connectivity index (χ3n) is 3.62. The zero-order chi connectivity index (χ0) is 13.2. The maximum atomic E-state index is 5.52. The maximum absolute atomic E-state index is 5.52. The Bertz CT molecular complexity index is 585. The quantitative estimate of drug-likeness (QED) is 0.834. The zero-order valence-electron chi connectivity index (χ0n) is 11.1. The molecule has 0 saturated carbocycles. The van der Waals surface area contributed by atoms with Gasteiger partial charge in [0.2, 0.25) is 0 Å². The highest BCUT2D eigenvalue weighted by Gasteiger charge is 2.29. The number of allylic oxidation sites excluding steroid dienone is 5. The van der Waals surface area contributed by atoms with Crippen LogP contribution < -0.4 is 0 Å². The minimum atomic E-state index is 0.871. The summed E-state index contributed by atoms with van der Waals surface area (Å²) in [7, 11) is 3.40. The second-order valence-electron chi connectivity index (χ2n) is 4.53. The van der Waals surface area contributed by atoms with Crippen molar-refractivity contribution < 1.29 is 9.47 Å². The SMILES string of the molecule is COC1=C(OC)C2=C(CC1)C(c1cnccn1)=CC2. The summed E-state index contributed by atoms with van der Waals surface area (Å²) in [5.74, 6) is 1.83. The second kappa shape index (κ2) is 4.88. The van der Waals surface area contributed by atoms with E-state index in [0.717, 1.165) is 36.5 Å². The summed E-state index contributed by atoms with van der Waals surface area (Å²) >= 11 is 0. The molecule has 1 aromatic heterocycles. The zero-order valence-corrected chi connectivity index (χ0v) is 11.1. The Labute approximate surface area is 112 Å². The van der Waals surface area contributed by atoms with E-state index in [1.165, 1.54) is 16.7 Å². The molecule has 98 valence electrons. The summed E-state index contributed by atoms with van der Waals surface area (Å²) in [4.78, 5) is 8.53. The Hall–Kier alpha value is -2.10. The van der Waals surface area contributed by atoms with Gasteiger partial charge in [-0.25, -0.2) is 0 Å². The highest BCUT2D eigenvalue weighted by molar-refractivity contribution is 5.82. The number of aromatic nitrogens is 2. The Kier molecular flexibility index (Phi) is 3.07. The molecule has 2 aliphatic rings. The number of hydrogen-bond acceptors (Lipinski definition) is 4. The van der Waals surface area contributed by atoms with E-state index >= 15 is 0 Å². The van der Waals surface area contributed by atoms with E-state index in [9.17, 15) is 0 Å². The molecule has 4 nitrogen and oxygen atoms in total. The van der Waals surface area contributed by atoms with Gasteiger partial charge in [-0.3, -0.25) is 9.97 Å². The number of hydrogen-bond donors (Lipinski definition) is 0. The van der Waals surface area contributed by atoms with Crippen LogP contribution in [-0.2, 0) is 9.47 Å². The largest absolute Gasteiger partial charge is 0.497 e. The lowest BCUT2D eigenvalue weighted by Crippen LogP contribution is -2.08. The molecule has 0 atom stereocenters. The van der Waals surface area contributed by atoms with Crippen molar-refractivity contribution in [3.63, 3.8) is 0 Å². The van der Waals surface area contributed by atoms with Crippen LogP contribution in [0.4, 0.5) is 0 Å². The topological polar surface area (TPSA) is 44.2 Å². The molecule has 19 heavy (non-hydrogen) atoms. The first-order valence-corrected chi connectivity index (χ1v) is 6.35. The van der Waals surface area contributed by atoms with Gasteiger partial charge in [-0.15, -0.1) is 0 Å². The van der Waals surface area contributed by atoms with Crippen molar-refractivity contribution in [2.24, 2.45) is 0 Å². The van der Waals surface area contributed by atoms with Crippen LogP contribution >= 0.6 is 0 Å². The Balaban J connectivity index is 2.02. The fourth-order valence-electron chi connectivity index (χ4n) is 2.78. The van der Waals surface area contributed by atoms with Crippen molar-refractivity contribution in [1.82, 2.24) is 9.97 Å². The Morgan fingerprint density at radius 2 is 1.95 bits per heavy atom. The minimum Gasteiger partial charge on any atom is -0.497 e. The monoisotopic (exact) mass is 256 g/mol. The van der Waals surface area contributed by atoms with E-state index in [4.69, 9.17) is 9.47 Å². The first-order chi connectivity index (χ1) is 9.35. The average molecular weight is 256 g/mol. The normalized spacial score (nSPS) is 18.3. The maximum Gasteiger partial charge on any atom is 0.160 e. The number of nitrogens with zero attached hydrogens (tertiary/aromatic N) is 2. The van der Waals surface area contributed by atoms with Crippen LogP contribution in [0.1, 0.15) is 25.0 Å². The summed E-state index contributed by atoms with van der Waals surface area (Å²) in [5, 5.41) is 0. The van der Waals surface area contributed by atoms with Gasteiger partial charge in [0.15, 0.2) is 5.76 Å². The Morgan fingerprint density at radius 3 is 2.63 bits per heavy atom. The molecule has 0 N–H and O–H groups in total. The predicted octanol–water partition coefficient (Wildman–Crippen LogP) is 2.86. The lowest BCUT2D eigenvalue weighted by Gasteiger charge is -2.21. The fraction of sp³-hybridized carbons (Fsp3) is 0.333. The first-order valence-electron chi connectivity index (χ1n) is 6.35. The van der Waals surface area contributed by atoms with Gasteiger partial charge in [0, 0.05) is 30.0 Å². The second-order valence-corrected chi connectivity index (χ2v) is 4.53. The molecule has 3 rings (SSSR count). The first kappa shape index (κ1) is 12.0. The summed E-state index contributed by atoms with van der Waals surface area (Å²) in [6.07, 6.45) is 10.1. The van der Waals surface area contributed by atoms with Crippen molar-refractivity contribution in [3.8, 4) is 0 Å². The van der Waals surface area contributed by atoms with Crippen molar-refractivity contribution in [2.75, 3.05) is 14.2 Å². The third-order valence-corrected chi connectivity index (χ3v) is 3.62. The van der Waals surface area contributed by atoms with Crippen molar-refractivity contribution in [3.05, 3.63) is 53.0 Å². The van der Waals surface area contributed by atoms with Crippen molar-refractivity contribution in [1.29, 1.82) is 0 Å². The van der Waals surface area contributed by atoms with Crippen LogP contribution in [0.25, 0.3) is 5.57 Å². The summed E-state index contributed by atoms with van der Waals surface area (Å²) in [5.41, 5.74) is 4.67. The minimum absolute atomic E-state index is 0.871. The summed E-state index contributed by atoms with van der Waals surface area (Å²) in [6.45, 7) is 0. The molecule has 0 radical (unpaired) electrons. The number of rotatable bonds is 3. The molecule has 0 aromatic carbocycles. The molecule has 2 aliphatic carbocycles. The molecule has 0 fully saturated rings. The lowest BCUT2D eigenvalue weighted by molar-refractivity contribution is 0.213. The highest BCUT2D eigenvalue weighted by Crippen LogP contribution is 2.43. The molecule has 0 bridgehead atoms. The Morgan fingerprint density at radius 1 is 1.05 bits per heavy atom. The molecule has 0 amide bonds. The van der Waals surface area contributed by atoms with Gasteiger partial charge in [-0.05, 0) is 18.4 Å². The standard InChI is InChI=1S/C15H16N2O2/c1-18-14-6-5-10-11(13-9-16-7-8-17-13)3-4-12(10)15(14)19-2/h3,7-9H,4-6H2,1-2H3. The van der Waals surface area contributed by atoms with E-state index < -0.39 is 0 Å². The van der Waals surface area contributed by atoms with Crippen molar-refractivity contribution >= 4 is 5.57 Å². The molecule has 0 unspecified atom stereocenters. The van der Waals surface area contributed by atoms with Gasteiger partial charge in [0.05, 0.1) is 26.1 Å². The van der Waals surface area contributed by atoms with Crippen LogP contribution in [-0.4, -0.2) is 24.2 Å². The van der Waals surface area contributed by atoms with Gasteiger partial charge in [0.25, 0.3) is 0 Å². The van der Waals surface area contributed by atoms with E-state index in [0.29, 0.717) is 0 Å². The van der Waals surface area contributed by atoms with Gasteiger partial charge in [0.1, 0.15) is 5.76 Å². The number of methoxy groups -OCH3 is 2. The van der Waals surface area contributed by atoms with Crippen LogP contribution in [0.5, 0.6) is 0 Å². The van der Waals surface area contributed by atoms with Crippen LogP contribution in [0.15, 0.2) is 47.3 Å². The van der Waals surface area contributed by atoms with Gasteiger partial charge in [-0.1, -0.05) is 6.08 Å². The molecule has 4 heteroatoms. The van der Waals surface area contributed by atoms with Crippen LogP contribution in [0.3, 0.4) is 0 Å². The van der Waals surface area contributed by atoms with Gasteiger partial charge >= 0.3 is 0 Å². The fourth-order valence-corrected chi connectivity index (χ4v) is 2.78. The molecule has 0 spiro atoms. The average Bonchev–Trinajstić information content (AvgIpc) is 2.91. The van der Waals surface area contributed by atoms with Gasteiger partial charge in [-0.2, -0.15) is 0 Å². The molecule has 0 saturated heterocycles. The summed E-state index contributed by atoms with van der Waals surface area (Å²) < 4.78 is 10.9. The smallest absolute Gasteiger partial charge is 0.160 e. The van der Waals surface area contributed by atoms with Crippen LogP contribution in [0.2, 0.25) is 0 Å². The molecule has 0 aliphatic heterocycles. The van der Waals surface area contributed by atoms with Crippen LogP contribution in [0, 0.1) is 0 Å². The van der Waals surface area contributed by atoms with E-state index in [2.05, 4.69) is 16.0 Å². The van der Waals surface area contributed by atoms with Crippen molar-refractivity contribution in [2.45, 2.75) is 19.3 Å². The lowest BCUT2D eigenvalue weighted by atomic mass is 9.92. The molecule has 1 heterocycles.